The molecule has 0 aliphatic rings. The Morgan fingerprint density at radius 2 is 1.86 bits per heavy atom. The van der Waals surface area contributed by atoms with Crippen LogP contribution in [0.5, 0.6) is 5.75 Å². The predicted octanol–water partition coefficient (Wildman–Crippen LogP) is 3.36. The number of anilines is 2. The Kier molecular flexibility index (Phi) is 4.66. The second-order valence-electron chi connectivity index (χ2n) is 4.68. The standard InChI is InChI=1S/C16H19N3O2/c1-11(14-8-3-4-9-15(14)21-2)18-12-6-5-7-13(10-12)19-16(17)20/h3-11,18H,1-2H3,(H3,17,19,20). The molecule has 5 nitrogen and oxygen atoms in total. The van der Waals surface area contributed by atoms with Crippen molar-refractivity contribution in [3.63, 3.8) is 0 Å². The average molecular weight is 285 g/mol. The lowest BCUT2D eigenvalue weighted by Gasteiger charge is -2.18. The minimum atomic E-state index is -0.579. The third-order valence-electron chi connectivity index (χ3n) is 3.12. The first-order chi connectivity index (χ1) is 10.1. The molecule has 2 aromatic rings. The zero-order valence-corrected chi connectivity index (χ0v) is 12.1. The summed E-state index contributed by atoms with van der Waals surface area (Å²) in [6.45, 7) is 2.05. The zero-order valence-electron chi connectivity index (χ0n) is 12.1. The van der Waals surface area contributed by atoms with Crippen molar-refractivity contribution >= 4 is 17.4 Å². The predicted molar refractivity (Wildman–Crippen MR) is 84.7 cm³/mol. The van der Waals surface area contributed by atoms with Crippen LogP contribution in [0.25, 0.3) is 0 Å². The molecule has 0 spiro atoms. The smallest absolute Gasteiger partial charge is 0.316 e. The normalized spacial score (nSPS) is 11.5. The van der Waals surface area contributed by atoms with Gasteiger partial charge in [-0.3, -0.25) is 0 Å². The maximum atomic E-state index is 10.9. The van der Waals surface area contributed by atoms with Crippen LogP contribution in [0, 0.1) is 0 Å². The van der Waals surface area contributed by atoms with Gasteiger partial charge in [-0.05, 0) is 31.2 Å². The molecule has 0 heterocycles. The fourth-order valence-corrected chi connectivity index (χ4v) is 2.18. The molecule has 21 heavy (non-hydrogen) atoms. The van der Waals surface area contributed by atoms with Crippen molar-refractivity contribution in [2.24, 2.45) is 5.73 Å². The number of carbonyl (C=O) groups excluding carboxylic acids is 1. The highest BCUT2D eigenvalue weighted by Crippen LogP contribution is 2.28. The van der Waals surface area contributed by atoms with Crippen LogP contribution in [0.3, 0.4) is 0 Å². The van der Waals surface area contributed by atoms with Crippen LogP contribution < -0.4 is 21.1 Å². The molecule has 0 fully saturated rings. The van der Waals surface area contributed by atoms with Gasteiger partial charge >= 0.3 is 6.03 Å². The van der Waals surface area contributed by atoms with Gasteiger partial charge in [0.2, 0.25) is 0 Å². The number of ether oxygens (including phenoxy) is 1. The second-order valence-corrected chi connectivity index (χ2v) is 4.68. The fraction of sp³-hybridized carbons (Fsp3) is 0.188. The highest BCUT2D eigenvalue weighted by molar-refractivity contribution is 5.88. The SMILES string of the molecule is COc1ccccc1C(C)Nc1cccc(NC(N)=O)c1. The summed E-state index contributed by atoms with van der Waals surface area (Å²) in [5.74, 6) is 0.837. The van der Waals surface area contributed by atoms with E-state index in [0.717, 1.165) is 17.0 Å². The Morgan fingerprint density at radius 3 is 2.57 bits per heavy atom. The molecule has 1 unspecified atom stereocenters. The summed E-state index contributed by atoms with van der Waals surface area (Å²) in [7, 11) is 1.66. The van der Waals surface area contributed by atoms with Crippen LogP contribution in [0.15, 0.2) is 48.5 Å². The molecule has 4 N–H and O–H groups in total. The van der Waals surface area contributed by atoms with Crippen molar-refractivity contribution < 1.29 is 9.53 Å². The number of carbonyl (C=O) groups is 1. The maximum Gasteiger partial charge on any atom is 0.316 e. The van der Waals surface area contributed by atoms with E-state index >= 15 is 0 Å². The summed E-state index contributed by atoms with van der Waals surface area (Å²) in [4.78, 5) is 10.9. The maximum absolute atomic E-state index is 10.9. The third-order valence-corrected chi connectivity index (χ3v) is 3.12. The molecule has 1 atom stereocenters. The van der Waals surface area contributed by atoms with Gasteiger partial charge in [0, 0.05) is 16.9 Å². The van der Waals surface area contributed by atoms with Crippen molar-refractivity contribution in [1.29, 1.82) is 0 Å². The third kappa shape index (κ3) is 3.89. The summed E-state index contributed by atoms with van der Waals surface area (Å²) >= 11 is 0. The molecule has 110 valence electrons. The van der Waals surface area contributed by atoms with Crippen LogP contribution in [-0.4, -0.2) is 13.1 Å². The minimum absolute atomic E-state index is 0.0602. The Bertz CT molecular complexity index is 628. The number of primary amides is 1. The van der Waals surface area contributed by atoms with Crippen molar-refractivity contribution in [2.75, 3.05) is 17.7 Å². The van der Waals surface area contributed by atoms with Crippen molar-refractivity contribution in [1.82, 2.24) is 0 Å². The highest BCUT2D eigenvalue weighted by atomic mass is 16.5. The lowest BCUT2D eigenvalue weighted by Crippen LogP contribution is -2.19. The molecule has 0 saturated heterocycles. The van der Waals surface area contributed by atoms with E-state index in [1.165, 1.54) is 0 Å². The first-order valence-electron chi connectivity index (χ1n) is 6.66. The van der Waals surface area contributed by atoms with Gasteiger partial charge in [-0.2, -0.15) is 0 Å². The first-order valence-corrected chi connectivity index (χ1v) is 6.66. The van der Waals surface area contributed by atoms with Gasteiger partial charge in [0.05, 0.1) is 13.2 Å². The van der Waals surface area contributed by atoms with Crippen molar-refractivity contribution in [2.45, 2.75) is 13.0 Å². The zero-order chi connectivity index (χ0) is 15.2. The van der Waals surface area contributed by atoms with E-state index in [2.05, 4.69) is 10.6 Å². The number of methoxy groups -OCH3 is 1. The molecule has 2 amide bonds. The van der Waals surface area contributed by atoms with Gasteiger partial charge in [-0.25, -0.2) is 4.79 Å². The van der Waals surface area contributed by atoms with Gasteiger partial charge in [0.1, 0.15) is 5.75 Å². The van der Waals surface area contributed by atoms with E-state index in [1.54, 1.807) is 13.2 Å². The summed E-state index contributed by atoms with van der Waals surface area (Å²) < 4.78 is 5.37. The molecule has 0 bridgehead atoms. The summed E-state index contributed by atoms with van der Waals surface area (Å²) in [5.41, 5.74) is 7.72. The number of nitrogens with one attached hydrogen (secondary N) is 2. The summed E-state index contributed by atoms with van der Waals surface area (Å²) in [5, 5.41) is 5.93. The Hall–Kier alpha value is -2.69. The van der Waals surface area contributed by atoms with E-state index in [1.807, 2.05) is 49.4 Å². The van der Waals surface area contributed by atoms with E-state index in [-0.39, 0.29) is 6.04 Å². The van der Waals surface area contributed by atoms with Crippen LogP contribution in [0.2, 0.25) is 0 Å². The summed E-state index contributed by atoms with van der Waals surface area (Å²) in [6.07, 6.45) is 0. The molecular weight excluding hydrogens is 266 g/mol. The molecule has 0 aromatic heterocycles. The van der Waals surface area contributed by atoms with Crippen LogP contribution >= 0.6 is 0 Å². The molecule has 0 aliphatic carbocycles. The number of benzene rings is 2. The number of hydrogen-bond donors (Lipinski definition) is 3. The molecule has 2 rings (SSSR count). The quantitative estimate of drug-likeness (QED) is 0.788. The van der Waals surface area contributed by atoms with Crippen molar-refractivity contribution in [3.05, 3.63) is 54.1 Å². The molecule has 0 aliphatic heterocycles. The number of hydrogen-bond acceptors (Lipinski definition) is 3. The van der Waals surface area contributed by atoms with E-state index < -0.39 is 6.03 Å². The monoisotopic (exact) mass is 285 g/mol. The number of rotatable bonds is 5. The van der Waals surface area contributed by atoms with E-state index in [4.69, 9.17) is 10.5 Å². The topological polar surface area (TPSA) is 76.4 Å². The Labute approximate surface area is 124 Å². The Morgan fingerprint density at radius 1 is 1.14 bits per heavy atom. The van der Waals surface area contributed by atoms with Crippen LogP contribution in [-0.2, 0) is 0 Å². The Balaban J connectivity index is 2.15. The van der Waals surface area contributed by atoms with E-state index in [9.17, 15) is 4.79 Å². The van der Waals surface area contributed by atoms with Crippen LogP contribution in [0.1, 0.15) is 18.5 Å². The number of nitrogens with two attached hydrogens (primary N) is 1. The van der Waals surface area contributed by atoms with Gasteiger partial charge in [-0.15, -0.1) is 0 Å². The lowest BCUT2D eigenvalue weighted by molar-refractivity contribution is 0.259. The highest BCUT2D eigenvalue weighted by Gasteiger charge is 2.10. The largest absolute Gasteiger partial charge is 0.496 e. The molecule has 0 radical (unpaired) electrons. The molecule has 0 saturated carbocycles. The first kappa shape index (κ1) is 14.7. The van der Waals surface area contributed by atoms with Crippen LogP contribution in [0.4, 0.5) is 16.2 Å². The molecular formula is C16H19N3O2. The van der Waals surface area contributed by atoms with Gasteiger partial charge in [-0.1, -0.05) is 24.3 Å². The minimum Gasteiger partial charge on any atom is -0.496 e. The van der Waals surface area contributed by atoms with Gasteiger partial charge in [0.25, 0.3) is 0 Å². The average Bonchev–Trinajstić information content (AvgIpc) is 2.46. The van der Waals surface area contributed by atoms with E-state index in [0.29, 0.717) is 5.69 Å². The summed E-state index contributed by atoms with van der Waals surface area (Å²) in [6, 6.07) is 14.7. The van der Waals surface area contributed by atoms with Crippen molar-refractivity contribution in [3.8, 4) is 5.75 Å². The second kappa shape index (κ2) is 6.65. The van der Waals surface area contributed by atoms with Gasteiger partial charge in [0.15, 0.2) is 0 Å². The molecule has 2 aromatic carbocycles. The molecule has 5 heteroatoms. The fourth-order valence-electron chi connectivity index (χ4n) is 2.18. The number of para-hydroxylation sites is 1. The lowest BCUT2D eigenvalue weighted by atomic mass is 10.1. The van der Waals surface area contributed by atoms with Gasteiger partial charge < -0.3 is 21.1 Å². The number of amides is 2. The number of urea groups is 1.